The number of ketones is 1. The number of aliphatic carboxylic acids is 1. The zero-order valence-corrected chi connectivity index (χ0v) is 24.6. The number of nitrogens with zero attached hydrogens (tertiary/aromatic N) is 3. The Labute approximate surface area is 251 Å². The van der Waals surface area contributed by atoms with E-state index in [1.54, 1.807) is 13.0 Å². The van der Waals surface area contributed by atoms with Crippen LogP contribution in [0, 0.1) is 5.41 Å². The summed E-state index contributed by atoms with van der Waals surface area (Å²) >= 11 is 12.5. The molecule has 2 aliphatic carbocycles. The van der Waals surface area contributed by atoms with Crippen LogP contribution in [0.3, 0.4) is 0 Å². The number of ether oxygens (including phenoxy) is 1. The van der Waals surface area contributed by atoms with Crippen molar-refractivity contribution in [2.45, 2.75) is 88.6 Å². The van der Waals surface area contributed by atoms with Crippen molar-refractivity contribution in [1.29, 1.82) is 0 Å². The number of alkyl halides is 3. The third kappa shape index (κ3) is 5.79. The second-order valence-electron chi connectivity index (χ2n) is 11.9. The van der Waals surface area contributed by atoms with E-state index in [2.05, 4.69) is 5.10 Å². The van der Waals surface area contributed by atoms with E-state index >= 15 is 0 Å². The van der Waals surface area contributed by atoms with E-state index in [0.29, 0.717) is 19.4 Å². The molecule has 42 heavy (non-hydrogen) atoms. The Bertz CT molecular complexity index is 1360. The van der Waals surface area contributed by atoms with Gasteiger partial charge in [0.2, 0.25) is 0 Å². The molecule has 13 heteroatoms. The van der Waals surface area contributed by atoms with Crippen LogP contribution in [0.5, 0.6) is 0 Å². The van der Waals surface area contributed by atoms with E-state index in [1.807, 2.05) is 0 Å². The number of benzene rings is 1. The molecule has 5 rings (SSSR count). The van der Waals surface area contributed by atoms with Crippen molar-refractivity contribution >= 4 is 40.9 Å². The molecule has 2 aromatic rings. The molecule has 1 spiro atoms. The van der Waals surface area contributed by atoms with Gasteiger partial charge in [-0.2, -0.15) is 18.3 Å². The number of carbonyl (C=O) groups excluding carboxylic acids is 2. The number of Topliss-reactive ketones (excluding diaryl/α,β-unsaturated/α-hetero) is 1. The lowest BCUT2D eigenvalue weighted by atomic mass is 9.73. The molecule has 1 saturated heterocycles. The number of hydrogen-bond acceptors (Lipinski definition) is 5. The van der Waals surface area contributed by atoms with Crippen LogP contribution in [-0.2, 0) is 15.7 Å². The first-order chi connectivity index (χ1) is 19.7. The van der Waals surface area contributed by atoms with Crippen molar-refractivity contribution in [3.63, 3.8) is 0 Å². The number of carbonyl (C=O) groups is 3. The summed E-state index contributed by atoms with van der Waals surface area (Å²) in [6, 6.07) is 3.25. The molecule has 0 bridgehead atoms. The average molecular weight is 630 g/mol. The molecule has 1 aromatic heterocycles. The van der Waals surface area contributed by atoms with Crippen LogP contribution in [0.4, 0.5) is 13.2 Å². The molecule has 8 nitrogen and oxygen atoms in total. The van der Waals surface area contributed by atoms with Gasteiger partial charge in [-0.15, -0.1) is 0 Å². The summed E-state index contributed by atoms with van der Waals surface area (Å²) in [4.78, 5) is 40.4. The first-order valence-electron chi connectivity index (χ1n) is 14.0. The Morgan fingerprint density at radius 1 is 1.12 bits per heavy atom. The van der Waals surface area contributed by atoms with Crippen LogP contribution in [-0.4, -0.2) is 62.2 Å². The standard InChI is InChI=1S/C29H32Cl2F3N3O5/c1-27(26(40)41)11-6-17(7-12-27)37-24(29(32,33)34)19(15-35-37)25(39)36(18-8-13-42-28(14-18)9-3-10-28)16-22(38)23-20(30)4-2-5-21(23)31/h2,4-5,15,17-18H,3,6-14,16H2,1H3,(H,40,41)/t17-,18-,27-/m0/s1. The lowest BCUT2D eigenvalue weighted by Crippen LogP contribution is -2.54. The zero-order valence-electron chi connectivity index (χ0n) is 23.1. The molecule has 2 saturated carbocycles. The van der Waals surface area contributed by atoms with E-state index in [0.717, 1.165) is 30.1 Å². The molecule has 1 atom stereocenters. The Balaban J connectivity index is 1.50. The van der Waals surface area contributed by atoms with E-state index in [-0.39, 0.29) is 41.3 Å². The largest absolute Gasteiger partial charge is 0.481 e. The fraction of sp³-hybridized carbons (Fsp3) is 0.586. The van der Waals surface area contributed by atoms with Gasteiger partial charge in [0.15, 0.2) is 11.5 Å². The molecule has 1 N–H and O–H groups in total. The first-order valence-corrected chi connectivity index (χ1v) is 14.8. The first kappa shape index (κ1) is 30.8. The Morgan fingerprint density at radius 2 is 1.76 bits per heavy atom. The summed E-state index contributed by atoms with van der Waals surface area (Å²) in [6.45, 7) is 1.37. The summed E-state index contributed by atoms with van der Waals surface area (Å²) in [5.74, 6) is -2.54. The summed E-state index contributed by atoms with van der Waals surface area (Å²) in [6.07, 6.45) is -0.0895. The number of aromatic nitrogens is 2. The van der Waals surface area contributed by atoms with Gasteiger partial charge >= 0.3 is 12.1 Å². The highest BCUT2D eigenvalue weighted by molar-refractivity contribution is 6.40. The predicted octanol–water partition coefficient (Wildman–Crippen LogP) is 6.84. The summed E-state index contributed by atoms with van der Waals surface area (Å²) < 4.78 is 50.7. The van der Waals surface area contributed by atoms with Gasteiger partial charge in [0.05, 0.1) is 51.0 Å². The lowest BCUT2D eigenvalue weighted by Gasteiger charge is -2.49. The number of rotatable bonds is 7. The molecular weight excluding hydrogens is 598 g/mol. The third-order valence-corrected chi connectivity index (χ3v) is 9.83. The number of hydrogen-bond donors (Lipinski definition) is 1. The van der Waals surface area contributed by atoms with E-state index in [9.17, 15) is 32.7 Å². The number of halogens is 5. The van der Waals surface area contributed by atoms with E-state index in [4.69, 9.17) is 27.9 Å². The second-order valence-corrected chi connectivity index (χ2v) is 12.7. The number of carboxylic acid groups (broad SMARTS) is 1. The lowest BCUT2D eigenvalue weighted by molar-refractivity contribution is -0.152. The number of amides is 1. The predicted molar refractivity (Wildman–Crippen MR) is 148 cm³/mol. The molecule has 3 fully saturated rings. The second kappa shape index (κ2) is 11.5. The Hall–Kier alpha value is -2.63. The van der Waals surface area contributed by atoms with Crippen LogP contribution in [0.25, 0.3) is 0 Å². The fourth-order valence-electron chi connectivity index (χ4n) is 6.48. The van der Waals surface area contributed by atoms with Gasteiger partial charge in [0, 0.05) is 12.6 Å². The Kier molecular flexibility index (Phi) is 8.41. The molecular formula is C29H32Cl2F3N3O5. The van der Waals surface area contributed by atoms with Crippen LogP contribution in [0.15, 0.2) is 24.4 Å². The topological polar surface area (TPSA) is 102 Å². The number of carboxylic acids is 1. The normalized spacial score (nSPS) is 25.6. The van der Waals surface area contributed by atoms with Crippen molar-refractivity contribution in [2.75, 3.05) is 13.2 Å². The van der Waals surface area contributed by atoms with E-state index < -0.39 is 64.7 Å². The monoisotopic (exact) mass is 629 g/mol. The molecule has 2 heterocycles. The summed E-state index contributed by atoms with van der Waals surface area (Å²) in [5.41, 5.74) is -3.34. The quantitative estimate of drug-likeness (QED) is 0.336. The van der Waals surface area contributed by atoms with Gasteiger partial charge in [-0.1, -0.05) is 29.3 Å². The molecule has 1 amide bonds. The molecule has 3 aliphatic rings. The molecule has 1 aliphatic heterocycles. The average Bonchev–Trinajstić information content (AvgIpc) is 3.37. The molecule has 228 valence electrons. The molecule has 0 unspecified atom stereocenters. The van der Waals surface area contributed by atoms with Gasteiger partial charge in [0.1, 0.15) is 0 Å². The van der Waals surface area contributed by atoms with Gasteiger partial charge < -0.3 is 14.7 Å². The van der Waals surface area contributed by atoms with Gasteiger partial charge in [-0.05, 0) is 76.8 Å². The van der Waals surface area contributed by atoms with Gasteiger partial charge in [-0.3, -0.25) is 19.1 Å². The maximum atomic E-state index is 14.6. The maximum absolute atomic E-state index is 14.6. The molecule has 1 aromatic carbocycles. The highest BCUT2D eigenvalue weighted by Crippen LogP contribution is 2.45. The van der Waals surface area contributed by atoms with Crippen molar-refractivity contribution in [3.8, 4) is 0 Å². The fourth-order valence-corrected chi connectivity index (χ4v) is 7.09. The zero-order chi connectivity index (χ0) is 30.4. The van der Waals surface area contributed by atoms with Crippen LogP contribution >= 0.6 is 23.2 Å². The van der Waals surface area contributed by atoms with Gasteiger partial charge in [-0.25, -0.2) is 0 Å². The minimum absolute atomic E-state index is 0.000486. The highest BCUT2D eigenvalue weighted by Gasteiger charge is 2.48. The van der Waals surface area contributed by atoms with Crippen LogP contribution in [0.2, 0.25) is 10.0 Å². The summed E-state index contributed by atoms with van der Waals surface area (Å²) in [5, 5.41) is 13.7. The van der Waals surface area contributed by atoms with Crippen LogP contribution < -0.4 is 0 Å². The van der Waals surface area contributed by atoms with Crippen molar-refractivity contribution in [3.05, 3.63) is 51.3 Å². The highest BCUT2D eigenvalue weighted by atomic mass is 35.5. The minimum atomic E-state index is -4.93. The van der Waals surface area contributed by atoms with Crippen molar-refractivity contribution in [2.24, 2.45) is 5.41 Å². The molecule has 0 radical (unpaired) electrons. The minimum Gasteiger partial charge on any atom is -0.481 e. The van der Waals surface area contributed by atoms with E-state index in [1.165, 1.54) is 17.0 Å². The Morgan fingerprint density at radius 3 is 2.31 bits per heavy atom. The van der Waals surface area contributed by atoms with Crippen LogP contribution in [0.1, 0.15) is 97.2 Å². The van der Waals surface area contributed by atoms with Crippen molar-refractivity contribution in [1.82, 2.24) is 14.7 Å². The van der Waals surface area contributed by atoms with Crippen molar-refractivity contribution < 1.29 is 37.4 Å². The SMILES string of the molecule is C[C@]1(C(=O)O)CC[C@H](n2ncc(C(=O)N(CC(=O)c3c(Cl)cccc3Cl)[C@H]3CCOC4(CCC4)C3)c2C(F)(F)F)CC1. The summed E-state index contributed by atoms with van der Waals surface area (Å²) in [7, 11) is 0. The third-order valence-electron chi connectivity index (χ3n) is 9.20. The maximum Gasteiger partial charge on any atom is 0.433 e. The smallest absolute Gasteiger partial charge is 0.433 e. The van der Waals surface area contributed by atoms with Gasteiger partial charge in [0.25, 0.3) is 5.91 Å².